The molecule has 2 aromatic carbocycles. The summed E-state index contributed by atoms with van der Waals surface area (Å²) in [5.41, 5.74) is 2.67. The van der Waals surface area contributed by atoms with E-state index in [9.17, 15) is 4.79 Å². The third-order valence-electron chi connectivity index (χ3n) is 3.30. The predicted octanol–water partition coefficient (Wildman–Crippen LogP) is 5.17. The Hall–Kier alpha value is -1.80. The Morgan fingerprint density at radius 2 is 1.81 bits per heavy atom. The van der Waals surface area contributed by atoms with Crippen LogP contribution in [-0.2, 0) is 5.41 Å². The second-order valence-corrected chi connectivity index (χ2v) is 6.57. The third-order valence-corrected chi connectivity index (χ3v) is 3.54. The average molecular weight is 303 g/mol. The van der Waals surface area contributed by atoms with Crippen molar-refractivity contribution in [2.75, 3.05) is 0 Å². The summed E-state index contributed by atoms with van der Waals surface area (Å²) in [6, 6.07) is 12.6. The summed E-state index contributed by atoms with van der Waals surface area (Å²) in [7, 11) is 0. The van der Waals surface area contributed by atoms with Gasteiger partial charge in [-0.2, -0.15) is 0 Å². The molecule has 0 radical (unpaired) electrons. The van der Waals surface area contributed by atoms with E-state index in [0.717, 1.165) is 5.56 Å². The van der Waals surface area contributed by atoms with Crippen molar-refractivity contribution in [2.45, 2.75) is 33.1 Å². The zero-order valence-corrected chi connectivity index (χ0v) is 13.5. The molecule has 0 fully saturated rings. The molecule has 0 N–H and O–H groups in total. The Morgan fingerprint density at radius 1 is 1.10 bits per heavy atom. The van der Waals surface area contributed by atoms with Gasteiger partial charge in [0, 0.05) is 5.02 Å². The number of ether oxygens (including phenoxy) is 1. The van der Waals surface area contributed by atoms with E-state index >= 15 is 0 Å². The van der Waals surface area contributed by atoms with Gasteiger partial charge < -0.3 is 4.74 Å². The van der Waals surface area contributed by atoms with Crippen LogP contribution in [0.25, 0.3) is 0 Å². The summed E-state index contributed by atoms with van der Waals surface area (Å²) in [5.74, 6) is 0.178. The topological polar surface area (TPSA) is 26.3 Å². The summed E-state index contributed by atoms with van der Waals surface area (Å²) >= 11 is 5.89. The maximum Gasteiger partial charge on any atom is 0.343 e. The molecule has 0 aromatic heterocycles. The molecule has 0 saturated heterocycles. The maximum absolute atomic E-state index is 12.1. The zero-order valence-electron chi connectivity index (χ0n) is 12.7. The van der Waals surface area contributed by atoms with Crippen molar-refractivity contribution in [3.8, 4) is 5.75 Å². The van der Waals surface area contributed by atoms with Crippen LogP contribution in [0, 0.1) is 6.92 Å². The molecule has 0 saturated carbocycles. The summed E-state index contributed by atoms with van der Waals surface area (Å²) in [6.45, 7) is 8.40. The van der Waals surface area contributed by atoms with Gasteiger partial charge >= 0.3 is 5.97 Å². The highest BCUT2D eigenvalue weighted by molar-refractivity contribution is 6.30. The highest BCUT2D eigenvalue weighted by Crippen LogP contribution is 2.28. The van der Waals surface area contributed by atoms with Crippen LogP contribution in [0.3, 0.4) is 0 Å². The van der Waals surface area contributed by atoms with E-state index in [1.807, 2.05) is 19.1 Å². The lowest BCUT2D eigenvalue weighted by molar-refractivity contribution is 0.0733. The molecule has 0 unspecified atom stereocenters. The lowest BCUT2D eigenvalue weighted by Gasteiger charge is -2.20. The van der Waals surface area contributed by atoms with E-state index in [1.54, 1.807) is 24.3 Å². The molecule has 0 atom stereocenters. The van der Waals surface area contributed by atoms with Crippen molar-refractivity contribution in [2.24, 2.45) is 0 Å². The monoisotopic (exact) mass is 302 g/mol. The molecule has 2 aromatic rings. The van der Waals surface area contributed by atoms with Crippen molar-refractivity contribution < 1.29 is 9.53 Å². The first-order valence-electron chi connectivity index (χ1n) is 6.86. The van der Waals surface area contributed by atoms with Crippen LogP contribution in [0.15, 0.2) is 42.5 Å². The Morgan fingerprint density at radius 3 is 2.38 bits per heavy atom. The Labute approximate surface area is 130 Å². The fraction of sp³-hybridized carbons (Fsp3) is 0.278. The molecule has 0 spiro atoms. The van der Waals surface area contributed by atoms with Crippen molar-refractivity contribution in [3.05, 3.63) is 64.2 Å². The number of aryl methyl sites for hydroxylation is 1. The molecule has 0 amide bonds. The molecule has 0 aliphatic carbocycles. The van der Waals surface area contributed by atoms with Gasteiger partial charge in [-0.25, -0.2) is 4.79 Å². The fourth-order valence-corrected chi connectivity index (χ4v) is 2.19. The molecule has 0 heterocycles. The zero-order chi connectivity index (χ0) is 15.6. The number of carbonyl (C=O) groups excluding carboxylic acids is 1. The second kappa shape index (κ2) is 5.90. The minimum atomic E-state index is -0.399. The highest BCUT2D eigenvalue weighted by atomic mass is 35.5. The first kappa shape index (κ1) is 15.6. The molecule has 2 nitrogen and oxygen atoms in total. The van der Waals surface area contributed by atoms with Gasteiger partial charge in [0.1, 0.15) is 5.75 Å². The normalized spacial score (nSPS) is 11.3. The smallest absolute Gasteiger partial charge is 0.343 e. The Kier molecular flexibility index (Phi) is 4.38. The van der Waals surface area contributed by atoms with Crippen LogP contribution in [0.5, 0.6) is 5.75 Å². The number of carbonyl (C=O) groups is 1. The van der Waals surface area contributed by atoms with Gasteiger partial charge in [0.25, 0.3) is 0 Å². The van der Waals surface area contributed by atoms with Crippen molar-refractivity contribution >= 4 is 17.6 Å². The average Bonchev–Trinajstić information content (AvgIpc) is 2.39. The standard InChI is InChI=1S/C18H19ClO2/c1-12-10-14(18(2,3)4)8-9-16(12)21-17(20)13-6-5-7-15(19)11-13/h5-11H,1-4H3. The van der Waals surface area contributed by atoms with Crippen molar-refractivity contribution in [1.82, 2.24) is 0 Å². The molecule has 21 heavy (non-hydrogen) atoms. The van der Waals surface area contributed by atoms with E-state index in [-0.39, 0.29) is 5.41 Å². The largest absolute Gasteiger partial charge is 0.423 e. The first-order chi connectivity index (χ1) is 9.77. The SMILES string of the molecule is Cc1cc(C(C)(C)C)ccc1OC(=O)c1cccc(Cl)c1. The fourth-order valence-electron chi connectivity index (χ4n) is 2.00. The van der Waals surface area contributed by atoms with Crippen LogP contribution in [0.4, 0.5) is 0 Å². The molecule has 2 rings (SSSR count). The van der Waals surface area contributed by atoms with Gasteiger partial charge in [-0.15, -0.1) is 0 Å². The molecule has 110 valence electrons. The van der Waals surface area contributed by atoms with Crippen LogP contribution in [-0.4, -0.2) is 5.97 Å². The van der Waals surface area contributed by atoms with Crippen LogP contribution < -0.4 is 4.74 Å². The minimum Gasteiger partial charge on any atom is -0.423 e. The number of benzene rings is 2. The van der Waals surface area contributed by atoms with Gasteiger partial charge in [0.2, 0.25) is 0 Å². The number of rotatable bonds is 2. The van der Waals surface area contributed by atoms with E-state index < -0.39 is 5.97 Å². The summed E-state index contributed by atoms with van der Waals surface area (Å²) in [4.78, 5) is 12.1. The quantitative estimate of drug-likeness (QED) is 0.565. The molecule has 3 heteroatoms. The van der Waals surface area contributed by atoms with E-state index in [0.29, 0.717) is 16.3 Å². The molecule has 0 bridgehead atoms. The van der Waals surface area contributed by atoms with Gasteiger partial charge in [-0.3, -0.25) is 0 Å². The number of esters is 1. The van der Waals surface area contributed by atoms with E-state index in [1.165, 1.54) is 5.56 Å². The Balaban J connectivity index is 2.22. The van der Waals surface area contributed by atoms with Crippen LogP contribution in [0.1, 0.15) is 42.3 Å². The van der Waals surface area contributed by atoms with Gasteiger partial charge in [0.05, 0.1) is 5.56 Å². The van der Waals surface area contributed by atoms with Gasteiger partial charge in [0.15, 0.2) is 0 Å². The number of hydrogen-bond acceptors (Lipinski definition) is 2. The maximum atomic E-state index is 12.1. The van der Waals surface area contributed by atoms with Crippen molar-refractivity contribution in [1.29, 1.82) is 0 Å². The number of hydrogen-bond donors (Lipinski definition) is 0. The Bertz CT molecular complexity index is 669. The summed E-state index contributed by atoms with van der Waals surface area (Å²) in [6.07, 6.45) is 0. The van der Waals surface area contributed by atoms with Gasteiger partial charge in [-0.05, 0) is 47.7 Å². The second-order valence-electron chi connectivity index (χ2n) is 6.13. The molecular weight excluding hydrogens is 284 g/mol. The van der Waals surface area contributed by atoms with Crippen molar-refractivity contribution in [3.63, 3.8) is 0 Å². The molecule has 0 aliphatic rings. The highest BCUT2D eigenvalue weighted by Gasteiger charge is 2.16. The summed E-state index contributed by atoms with van der Waals surface area (Å²) < 4.78 is 5.46. The summed E-state index contributed by atoms with van der Waals surface area (Å²) in [5, 5.41) is 0.518. The lowest BCUT2D eigenvalue weighted by Crippen LogP contribution is -2.13. The first-order valence-corrected chi connectivity index (χ1v) is 7.24. The van der Waals surface area contributed by atoms with Gasteiger partial charge in [-0.1, -0.05) is 50.6 Å². The molecule has 0 aliphatic heterocycles. The molecular formula is C18H19ClO2. The minimum absolute atomic E-state index is 0.0697. The lowest BCUT2D eigenvalue weighted by atomic mass is 9.86. The van der Waals surface area contributed by atoms with E-state index in [2.05, 4.69) is 26.8 Å². The van der Waals surface area contributed by atoms with Crippen LogP contribution >= 0.6 is 11.6 Å². The predicted molar refractivity (Wildman–Crippen MR) is 86.3 cm³/mol. The van der Waals surface area contributed by atoms with Crippen LogP contribution in [0.2, 0.25) is 5.02 Å². The third kappa shape index (κ3) is 3.85. The number of halogens is 1. The van der Waals surface area contributed by atoms with E-state index in [4.69, 9.17) is 16.3 Å².